The standard InChI is InChI=1S/C31H37N3O5S/c1-24(31(36)32-22-26-8-4-3-5-9-26)34(23-27-10-15-28(39-2)16-11-27)30(35)19-14-25-12-17-29(18-13-25)40(37,38)33-20-6-7-21-33/h3-5,8-13,15-18,24H,6-7,14,19-23H2,1-2H3,(H,32,36)/t24-/m0/s1. The fourth-order valence-electron chi connectivity index (χ4n) is 4.74. The molecule has 4 rings (SSSR count). The monoisotopic (exact) mass is 563 g/mol. The zero-order valence-corrected chi connectivity index (χ0v) is 23.9. The molecule has 40 heavy (non-hydrogen) atoms. The van der Waals surface area contributed by atoms with E-state index in [1.807, 2.05) is 54.6 Å². The maximum Gasteiger partial charge on any atom is 0.243 e. The highest BCUT2D eigenvalue weighted by atomic mass is 32.2. The van der Waals surface area contributed by atoms with Gasteiger partial charge in [0.2, 0.25) is 21.8 Å². The van der Waals surface area contributed by atoms with Crippen molar-refractivity contribution < 1.29 is 22.7 Å². The molecule has 8 nitrogen and oxygen atoms in total. The zero-order chi connectivity index (χ0) is 28.5. The molecule has 1 fully saturated rings. The highest BCUT2D eigenvalue weighted by molar-refractivity contribution is 7.89. The first-order valence-corrected chi connectivity index (χ1v) is 15.0. The summed E-state index contributed by atoms with van der Waals surface area (Å²) in [5, 5.41) is 2.94. The molecule has 0 spiro atoms. The van der Waals surface area contributed by atoms with Crippen LogP contribution < -0.4 is 10.1 Å². The molecule has 1 saturated heterocycles. The summed E-state index contributed by atoms with van der Waals surface area (Å²) < 4.78 is 32.4. The van der Waals surface area contributed by atoms with Gasteiger partial charge in [0.25, 0.3) is 0 Å². The molecule has 1 aliphatic rings. The molecule has 1 heterocycles. The van der Waals surface area contributed by atoms with E-state index >= 15 is 0 Å². The highest BCUT2D eigenvalue weighted by Crippen LogP contribution is 2.22. The van der Waals surface area contributed by atoms with Gasteiger partial charge in [0.1, 0.15) is 11.8 Å². The van der Waals surface area contributed by atoms with E-state index in [1.165, 1.54) is 4.31 Å². The average molecular weight is 564 g/mol. The number of aryl methyl sites for hydroxylation is 1. The van der Waals surface area contributed by atoms with Gasteiger partial charge >= 0.3 is 0 Å². The summed E-state index contributed by atoms with van der Waals surface area (Å²) in [4.78, 5) is 28.4. The number of nitrogens with zero attached hydrogens (tertiary/aromatic N) is 2. The number of rotatable bonds is 12. The molecule has 1 N–H and O–H groups in total. The third-order valence-electron chi connectivity index (χ3n) is 7.24. The third kappa shape index (κ3) is 7.49. The predicted octanol–water partition coefficient (Wildman–Crippen LogP) is 4.15. The van der Waals surface area contributed by atoms with Crippen LogP contribution in [0.1, 0.15) is 42.9 Å². The molecule has 0 unspecified atom stereocenters. The second-order valence-electron chi connectivity index (χ2n) is 10.0. The van der Waals surface area contributed by atoms with Crippen molar-refractivity contribution in [2.24, 2.45) is 0 Å². The normalized spacial score (nSPS) is 14.4. The van der Waals surface area contributed by atoms with Crippen LogP contribution >= 0.6 is 0 Å². The summed E-state index contributed by atoms with van der Waals surface area (Å²) in [6.45, 7) is 3.50. The molecule has 0 bridgehead atoms. The summed E-state index contributed by atoms with van der Waals surface area (Å²) in [6, 6.07) is 23.1. The summed E-state index contributed by atoms with van der Waals surface area (Å²) in [5.74, 6) is 0.319. The van der Waals surface area contributed by atoms with Crippen molar-refractivity contribution in [3.05, 3.63) is 95.6 Å². The van der Waals surface area contributed by atoms with Crippen LogP contribution in [0, 0.1) is 0 Å². The van der Waals surface area contributed by atoms with Gasteiger partial charge in [-0.1, -0.05) is 54.6 Å². The molecule has 1 atom stereocenters. The molecule has 3 aromatic rings. The van der Waals surface area contributed by atoms with Crippen LogP contribution in [0.4, 0.5) is 0 Å². The van der Waals surface area contributed by atoms with Gasteiger partial charge in [-0.05, 0) is 67.1 Å². The van der Waals surface area contributed by atoms with Gasteiger partial charge in [-0.15, -0.1) is 0 Å². The predicted molar refractivity (Wildman–Crippen MR) is 154 cm³/mol. The van der Waals surface area contributed by atoms with E-state index in [-0.39, 0.29) is 29.7 Å². The fourth-order valence-corrected chi connectivity index (χ4v) is 6.26. The molecule has 2 amide bonds. The van der Waals surface area contributed by atoms with Crippen LogP contribution in [0.2, 0.25) is 0 Å². The van der Waals surface area contributed by atoms with Crippen LogP contribution in [-0.2, 0) is 39.1 Å². The number of amides is 2. The Labute approximate surface area is 237 Å². The van der Waals surface area contributed by atoms with Crippen molar-refractivity contribution in [3.63, 3.8) is 0 Å². The van der Waals surface area contributed by atoms with E-state index in [4.69, 9.17) is 4.74 Å². The molecule has 1 aliphatic heterocycles. The van der Waals surface area contributed by atoms with Crippen LogP contribution in [-0.4, -0.2) is 55.7 Å². The lowest BCUT2D eigenvalue weighted by Crippen LogP contribution is -2.47. The van der Waals surface area contributed by atoms with Gasteiger partial charge in [0, 0.05) is 32.6 Å². The van der Waals surface area contributed by atoms with Crippen molar-refractivity contribution in [1.29, 1.82) is 0 Å². The summed E-state index contributed by atoms with van der Waals surface area (Å²) in [5.41, 5.74) is 2.72. The van der Waals surface area contributed by atoms with E-state index in [2.05, 4.69) is 5.32 Å². The first kappa shape index (κ1) is 29.3. The number of hydrogen-bond acceptors (Lipinski definition) is 5. The Hall–Kier alpha value is -3.69. The van der Waals surface area contributed by atoms with E-state index in [1.54, 1.807) is 43.2 Å². The number of methoxy groups -OCH3 is 1. The maximum absolute atomic E-state index is 13.5. The van der Waals surface area contributed by atoms with E-state index in [0.717, 1.165) is 29.5 Å². The summed E-state index contributed by atoms with van der Waals surface area (Å²) >= 11 is 0. The number of carbonyl (C=O) groups excluding carboxylic acids is 2. The quantitative estimate of drug-likeness (QED) is 0.357. The maximum atomic E-state index is 13.5. The van der Waals surface area contributed by atoms with Crippen molar-refractivity contribution in [2.75, 3.05) is 20.2 Å². The molecule has 0 saturated carbocycles. The lowest BCUT2D eigenvalue weighted by Gasteiger charge is -2.29. The minimum atomic E-state index is -3.48. The van der Waals surface area contributed by atoms with Crippen LogP contribution in [0.5, 0.6) is 5.75 Å². The topological polar surface area (TPSA) is 96.0 Å². The average Bonchev–Trinajstić information content (AvgIpc) is 3.54. The van der Waals surface area contributed by atoms with Gasteiger partial charge in [-0.2, -0.15) is 4.31 Å². The second kappa shape index (κ2) is 13.6. The Morgan fingerprint density at radius 3 is 2.15 bits per heavy atom. The smallest absolute Gasteiger partial charge is 0.243 e. The number of carbonyl (C=O) groups is 2. The molecule has 0 radical (unpaired) electrons. The van der Waals surface area contributed by atoms with Crippen molar-refractivity contribution in [3.8, 4) is 5.75 Å². The van der Waals surface area contributed by atoms with Gasteiger partial charge in [0.15, 0.2) is 0 Å². The first-order chi connectivity index (χ1) is 19.3. The molecular weight excluding hydrogens is 526 g/mol. The number of hydrogen-bond donors (Lipinski definition) is 1. The van der Waals surface area contributed by atoms with E-state index in [0.29, 0.717) is 31.8 Å². The summed E-state index contributed by atoms with van der Waals surface area (Å²) in [7, 11) is -1.89. The highest BCUT2D eigenvalue weighted by Gasteiger charge is 2.28. The van der Waals surface area contributed by atoms with Gasteiger partial charge in [-0.3, -0.25) is 9.59 Å². The van der Waals surface area contributed by atoms with Gasteiger partial charge in [0.05, 0.1) is 12.0 Å². The Kier molecular flexibility index (Phi) is 9.95. The Balaban J connectivity index is 1.43. The van der Waals surface area contributed by atoms with Crippen LogP contribution in [0.15, 0.2) is 83.8 Å². The number of sulfonamides is 1. The fraction of sp³-hybridized carbons (Fsp3) is 0.355. The molecule has 3 aromatic carbocycles. The Bertz CT molecular complexity index is 1370. The molecule has 9 heteroatoms. The van der Waals surface area contributed by atoms with Gasteiger partial charge < -0.3 is 15.0 Å². The van der Waals surface area contributed by atoms with E-state index in [9.17, 15) is 18.0 Å². The summed E-state index contributed by atoms with van der Waals surface area (Å²) in [6.07, 6.45) is 2.38. The molecule has 0 aliphatic carbocycles. The van der Waals surface area contributed by atoms with Crippen molar-refractivity contribution in [2.45, 2.75) is 56.6 Å². The minimum Gasteiger partial charge on any atom is -0.497 e. The Morgan fingerprint density at radius 1 is 0.900 bits per heavy atom. The third-order valence-corrected chi connectivity index (χ3v) is 9.16. The minimum absolute atomic E-state index is 0.160. The SMILES string of the molecule is COc1ccc(CN(C(=O)CCc2ccc(S(=O)(=O)N3CCCC3)cc2)[C@@H](C)C(=O)NCc2ccccc2)cc1. The number of ether oxygens (including phenoxy) is 1. The Morgan fingerprint density at radius 2 is 1.52 bits per heavy atom. The number of benzene rings is 3. The van der Waals surface area contributed by atoms with E-state index < -0.39 is 16.1 Å². The van der Waals surface area contributed by atoms with Crippen LogP contribution in [0.3, 0.4) is 0 Å². The van der Waals surface area contributed by atoms with Crippen molar-refractivity contribution in [1.82, 2.24) is 14.5 Å². The second-order valence-corrected chi connectivity index (χ2v) is 11.9. The van der Waals surface area contributed by atoms with Crippen molar-refractivity contribution >= 4 is 21.8 Å². The number of nitrogens with one attached hydrogen (secondary N) is 1. The first-order valence-electron chi connectivity index (χ1n) is 13.6. The molecule has 212 valence electrons. The molecule has 0 aromatic heterocycles. The van der Waals surface area contributed by atoms with Gasteiger partial charge in [-0.25, -0.2) is 8.42 Å². The largest absolute Gasteiger partial charge is 0.497 e. The lowest BCUT2D eigenvalue weighted by atomic mass is 10.1. The van der Waals surface area contributed by atoms with Crippen LogP contribution in [0.25, 0.3) is 0 Å². The molecular formula is C31H37N3O5S. The lowest BCUT2D eigenvalue weighted by molar-refractivity contribution is -0.140. The zero-order valence-electron chi connectivity index (χ0n) is 23.1.